The van der Waals surface area contributed by atoms with Gasteiger partial charge in [0.15, 0.2) is 0 Å². The summed E-state index contributed by atoms with van der Waals surface area (Å²) in [5, 5.41) is 13.5. The number of carboxylic acids is 1. The topological polar surface area (TPSA) is 116 Å². The fourth-order valence-corrected chi connectivity index (χ4v) is 2.04. The zero-order chi connectivity index (χ0) is 16.2. The van der Waals surface area contributed by atoms with Gasteiger partial charge < -0.3 is 15.3 Å². The molecule has 1 unspecified atom stereocenters. The van der Waals surface area contributed by atoms with Crippen molar-refractivity contribution < 1.29 is 24.3 Å². The minimum absolute atomic E-state index is 0.0421. The quantitative estimate of drug-likeness (QED) is 0.615. The predicted molar refractivity (Wildman–Crippen MR) is 73.4 cm³/mol. The lowest BCUT2D eigenvalue weighted by Crippen LogP contribution is -2.67. The highest BCUT2D eigenvalue weighted by Crippen LogP contribution is 2.18. The van der Waals surface area contributed by atoms with Gasteiger partial charge in [0.2, 0.25) is 5.91 Å². The number of hydrogen-bond acceptors (Lipinski definition) is 4. The number of carboxylic acid groups (broad SMARTS) is 1. The molecular weight excluding hydrogens is 278 g/mol. The number of urea groups is 1. The van der Waals surface area contributed by atoms with E-state index in [0.717, 1.165) is 4.90 Å². The molecule has 4 amide bonds. The van der Waals surface area contributed by atoms with Crippen LogP contribution in [0.5, 0.6) is 0 Å². The Morgan fingerprint density at radius 2 is 2.05 bits per heavy atom. The van der Waals surface area contributed by atoms with Crippen LogP contribution < -0.4 is 10.6 Å². The molecule has 1 aliphatic rings. The van der Waals surface area contributed by atoms with Crippen molar-refractivity contribution in [3.63, 3.8) is 0 Å². The van der Waals surface area contributed by atoms with Crippen LogP contribution in [0.3, 0.4) is 0 Å². The maximum Gasteiger partial charge on any atom is 0.318 e. The summed E-state index contributed by atoms with van der Waals surface area (Å²) < 4.78 is 0. The zero-order valence-electron chi connectivity index (χ0n) is 12.4. The van der Waals surface area contributed by atoms with Gasteiger partial charge in [0, 0.05) is 13.0 Å². The molecule has 3 N–H and O–H groups in total. The molecule has 1 heterocycles. The van der Waals surface area contributed by atoms with Gasteiger partial charge in [-0.2, -0.15) is 0 Å². The standard InChI is InChI=1S/C13H21N3O5/c1-4-8(5-10(18)19)6-14-12(21)16-7-9(17)15-11(20)13(16,2)3/h8H,4-7H2,1-3H3,(H,14,21)(H,18,19)(H,15,17,20). The number of piperazine rings is 1. The molecule has 1 aliphatic heterocycles. The molecule has 0 aromatic rings. The Bertz CT molecular complexity index is 461. The lowest BCUT2D eigenvalue weighted by molar-refractivity contribution is -0.142. The van der Waals surface area contributed by atoms with E-state index in [1.807, 2.05) is 6.92 Å². The van der Waals surface area contributed by atoms with Gasteiger partial charge in [0.1, 0.15) is 12.1 Å². The van der Waals surface area contributed by atoms with Gasteiger partial charge in [-0.25, -0.2) is 4.79 Å². The lowest BCUT2D eigenvalue weighted by atomic mass is 9.99. The molecule has 1 saturated heterocycles. The van der Waals surface area contributed by atoms with Crippen LogP contribution in [-0.2, 0) is 14.4 Å². The molecule has 118 valence electrons. The molecular formula is C13H21N3O5. The smallest absolute Gasteiger partial charge is 0.318 e. The summed E-state index contributed by atoms with van der Waals surface area (Å²) >= 11 is 0. The van der Waals surface area contributed by atoms with Gasteiger partial charge in [-0.1, -0.05) is 13.3 Å². The summed E-state index contributed by atoms with van der Waals surface area (Å²) in [7, 11) is 0. The second kappa shape index (κ2) is 6.55. The Morgan fingerprint density at radius 1 is 1.43 bits per heavy atom. The van der Waals surface area contributed by atoms with Crippen molar-refractivity contribution in [1.29, 1.82) is 0 Å². The molecule has 0 aliphatic carbocycles. The van der Waals surface area contributed by atoms with Crippen molar-refractivity contribution >= 4 is 23.8 Å². The summed E-state index contributed by atoms with van der Waals surface area (Å²) in [6.45, 7) is 4.90. The second-order valence-electron chi connectivity index (χ2n) is 5.58. The average Bonchev–Trinajstić information content (AvgIpc) is 2.38. The van der Waals surface area contributed by atoms with Crippen molar-refractivity contribution in [1.82, 2.24) is 15.5 Å². The molecule has 0 saturated carbocycles. The number of nitrogens with zero attached hydrogens (tertiary/aromatic N) is 1. The van der Waals surface area contributed by atoms with Crippen molar-refractivity contribution in [2.24, 2.45) is 5.92 Å². The molecule has 21 heavy (non-hydrogen) atoms. The van der Waals surface area contributed by atoms with E-state index < -0.39 is 29.4 Å². The van der Waals surface area contributed by atoms with E-state index in [2.05, 4.69) is 10.6 Å². The molecule has 1 fully saturated rings. The second-order valence-corrected chi connectivity index (χ2v) is 5.58. The Hall–Kier alpha value is -2.12. The minimum Gasteiger partial charge on any atom is -0.481 e. The average molecular weight is 299 g/mol. The molecule has 8 nitrogen and oxygen atoms in total. The summed E-state index contributed by atoms with van der Waals surface area (Å²) in [5.74, 6) is -2.19. The van der Waals surface area contributed by atoms with E-state index >= 15 is 0 Å². The molecule has 1 rings (SSSR count). The number of nitrogens with one attached hydrogen (secondary N) is 2. The highest BCUT2D eigenvalue weighted by atomic mass is 16.4. The van der Waals surface area contributed by atoms with Crippen LogP contribution in [0.2, 0.25) is 0 Å². The Kier molecular flexibility index (Phi) is 5.28. The summed E-state index contributed by atoms with van der Waals surface area (Å²) in [5.41, 5.74) is -1.13. The fraction of sp³-hybridized carbons (Fsp3) is 0.692. The number of amides is 4. The first-order valence-corrected chi connectivity index (χ1v) is 6.80. The number of hydrogen-bond donors (Lipinski definition) is 3. The number of aliphatic carboxylic acids is 1. The summed E-state index contributed by atoms with van der Waals surface area (Å²) in [4.78, 5) is 47.1. The molecule has 0 radical (unpaired) electrons. The van der Waals surface area contributed by atoms with Crippen LogP contribution >= 0.6 is 0 Å². The maximum absolute atomic E-state index is 12.1. The fourth-order valence-electron chi connectivity index (χ4n) is 2.04. The van der Waals surface area contributed by atoms with Crippen LogP contribution in [0, 0.1) is 5.92 Å². The normalized spacial score (nSPS) is 18.9. The van der Waals surface area contributed by atoms with Crippen LogP contribution in [0.25, 0.3) is 0 Å². The highest BCUT2D eigenvalue weighted by molar-refractivity contribution is 6.05. The first kappa shape index (κ1) is 16.9. The molecule has 0 spiro atoms. The minimum atomic E-state index is -1.13. The van der Waals surface area contributed by atoms with Crippen LogP contribution in [0.1, 0.15) is 33.6 Å². The number of carbonyl (C=O) groups excluding carboxylic acids is 3. The van der Waals surface area contributed by atoms with Crippen molar-refractivity contribution in [2.75, 3.05) is 13.1 Å². The van der Waals surface area contributed by atoms with Gasteiger partial charge in [0.25, 0.3) is 5.91 Å². The monoisotopic (exact) mass is 299 g/mol. The Morgan fingerprint density at radius 3 is 2.57 bits per heavy atom. The maximum atomic E-state index is 12.1. The highest BCUT2D eigenvalue weighted by Gasteiger charge is 2.43. The third-order valence-electron chi connectivity index (χ3n) is 3.61. The molecule has 1 atom stereocenters. The van der Waals surface area contributed by atoms with Crippen molar-refractivity contribution in [2.45, 2.75) is 39.2 Å². The Balaban J connectivity index is 2.67. The zero-order valence-corrected chi connectivity index (χ0v) is 12.4. The largest absolute Gasteiger partial charge is 0.481 e. The van der Waals surface area contributed by atoms with Crippen LogP contribution in [0.4, 0.5) is 4.79 Å². The van der Waals surface area contributed by atoms with Crippen LogP contribution in [-0.4, -0.2) is 52.4 Å². The van der Waals surface area contributed by atoms with Crippen LogP contribution in [0.15, 0.2) is 0 Å². The summed E-state index contributed by atoms with van der Waals surface area (Å²) in [6, 6.07) is -0.549. The van der Waals surface area contributed by atoms with Gasteiger partial charge >= 0.3 is 12.0 Å². The molecule has 8 heteroatoms. The lowest BCUT2D eigenvalue weighted by Gasteiger charge is -2.40. The van der Waals surface area contributed by atoms with Gasteiger partial charge in [-0.3, -0.25) is 19.7 Å². The first-order chi connectivity index (χ1) is 9.68. The Labute approximate surface area is 122 Å². The van der Waals surface area contributed by atoms with Gasteiger partial charge in [-0.05, 0) is 19.8 Å². The number of carbonyl (C=O) groups is 4. The van der Waals surface area contributed by atoms with E-state index in [4.69, 9.17) is 5.11 Å². The third-order valence-corrected chi connectivity index (χ3v) is 3.61. The van der Waals surface area contributed by atoms with E-state index in [9.17, 15) is 19.2 Å². The molecule has 0 bridgehead atoms. The third kappa shape index (κ3) is 4.17. The number of rotatable bonds is 5. The van der Waals surface area contributed by atoms with Gasteiger partial charge in [0.05, 0.1) is 0 Å². The van der Waals surface area contributed by atoms with E-state index in [1.165, 1.54) is 0 Å². The predicted octanol–water partition coefficient (Wildman–Crippen LogP) is -0.0661. The molecule has 0 aromatic heterocycles. The van der Waals surface area contributed by atoms with E-state index in [1.54, 1.807) is 13.8 Å². The van der Waals surface area contributed by atoms with E-state index in [0.29, 0.717) is 6.42 Å². The SMILES string of the molecule is CCC(CNC(=O)N1CC(=O)NC(=O)C1(C)C)CC(=O)O. The molecule has 0 aromatic carbocycles. The van der Waals surface area contributed by atoms with Crippen molar-refractivity contribution in [3.05, 3.63) is 0 Å². The van der Waals surface area contributed by atoms with Crippen molar-refractivity contribution in [3.8, 4) is 0 Å². The number of imide groups is 1. The van der Waals surface area contributed by atoms with Gasteiger partial charge in [-0.15, -0.1) is 0 Å². The summed E-state index contributed by atoms with van der Waals surface area (Å²) in [6.07, 6.45) is 0.564. The first-order valence-electron chi connectivity index (χ1n) is 6.80. The van der Waals surface area contributed by atoms with E-state index in [-0.39, 0.29) is 25.4 Å².